The lowest BCUT2D eigenvalue weighted by Crippen LogP contribution is -2.23. The molecule has 142 valence electrons. The standard InChI is InChI=1S/C22H25FN2O2/c1-4-27-21(26)14-22(2,3)13-20-24-18-7-5-6-8-19(18)25(20)15-16-9-11-17(23)12-10-16/h5-12H,4,13-15H2,1-3H3. The largest absolute Gasteiger partial charge is 0.466 e. The number of fused-ring (bicyclic) bond motifs is 1. The number of esters is 1. The molecule has 0 atom stereocenters. The third-order valence-electron chi connectivity index (χ3n) is 4.55. The Bertz CT molecular complexity index is 929. The van der Waals surface area contributed by atoms with Crippen LogP contribution in [0.3, 0.4) is 0 Å². The van der Waals surface area contributed by atoms with Gasteiger partial charge in [-0.05, 0) is 42.2 Å². The van der Waals surface area contributed by atoms with Crippen LogP contribution in [0, 0.1) is 11.2 Å². The molecule has 2 aromatic carbocycles. The Hall–Kier alpha value is -2.69. The molecule has 27 heavy (non-hydrogen) atoms. The molecule has 3 rings (SSSR count). The summed E-state index contributed by atoms with van der Waals surface area (Å²) < 4.78 is 20.5. The minimum atomic E-state index is -0.284. The van der Waals surface area contributed by atoms with Gasteiger partial charge >= 0.3 is 5.97 Å². The molecule has 0 amide bonds. The van der Waals surface area contributed by atoms with E-state index in [0.717, 1.165) is 22.4 Å². The van der Waals surface area contributed by atoms with Crippen molar-refractivity contribution < 1.29 is 13.9 Å². The molecule has 1 heterocycles. The van der Waals surface area contributed by atoms with Crippen LogP contribution in [-0.2, 0) is 22.5 Å². The summed E-state index contributed by atoms with van der Waals surface area (Å²) in [5.41, 5.74) is 2.67. The molecule has 0 aliphatic rings. The van der Waals surface area contributed by atoms with Crippen molar-refractivity contribution in [1.29, 1.82) is 0 Å². The molecule has 0 unspecified atom stereocenters. The predicted molar refractivity (Wildman–Crippen MR) is 104 cm³/mol. The molecule has 0 fully saturated rings. The van der Waals surface area contributed by atoms with E-state index in [1.807, 2.05) is 45.0 Å². The third kappa shape index (κ3) is 4.73. The van der Waals surface area contributed by atoms with E-state index < -0.39 is 0 Å². The summed E-state index contributed by atoms with van der Waals surface area (Å²) in [5.74, 6) is 0.476. The highest BCUT2D eigenvalue weighted by atomic mass is 19.1. The first-order valence-corrected chi connectivity index (χ1v) is 9.22. The maximum Gasteiger partial charge on any atom is 0.306 e. The number of carbonyl (C=O) groups excluding carboxylic acids is 1. The molecule has 5 heteroatoms. The van der Waals surface area contributed by atoms with Crippen molar-refractivity contribution in [2.75, 3.05) is 6.61 Å². The average Bonchev–Trinajstić information content (AvgIpc) is 2.93. The van der Waals surface area contributed by atoms with Crippen molar-refractivity contribution >= 4 is 17.0 Å². The Morgan fingerprint density at radius 1 is 1.15 bits per heavy atom. The fourth-order valence-electron chi connectivity index (χ4n) is 3.30. The van der Waals surface area contributed by atoms with Gasteiger partial charge in [-0.15, -0.1) is 0 Å². The number of aromatic nitrogens is 2. The van der Waals surface area contributed by atoms with E-state index in [1.54, 1.807) is 12.1 Å². The highest BCUT2D eigenvalue weighted by Crippen LogP contribution is 2.28. The fourth-order valence-corrected chi connectivity index (χ4v) is 3.30. The predicted octanol–water partition coefficient (Wildman–Crippen LogP) is 4.75. The number of hydrogen-bond donors (Lipinski definition) is 0. The molecule has 0 aliphatic heterocycles. The molecular formula is C22H25FN2O2. The summed E-state index contributed by atoms with van der Waals surface area (Å²) in [4.78, 5) is 16.7. The summed E-state index contributed by atoms with van der Waals surface area (Å²) in [6.45, 7) is 6.90. The van der Waals surface area contributed by atoms with Gasteiger partial charge in [-0.2, -0.15) is 0 Å². The van der Waals surface area contributed by atoms with Gasteiger partial charge in [0.15, 0.2) is 0 Å². The summed E-state index contributed by atoms with van der Waals surface area (Å²) in [7, 11) is 0. The van der Waals surface area contributed by atoms with E-state index in [9.17, 15) is 9.18 Å². The molecular weight excluding hydrogens is 343 g/mol. The highest BCUT2D eigenvalue weighted by Gasteiger charge is 2.26. The zero-order chi connectivity index (χ0) is 19.4. The van der Waals surface area contributed by atoms with E-state index in [2.05, 4.69) is 4.57 Å². The number of rotatable bonds is 7. The van der Waals surface area contributed by atoms with Gasteiger partial charge in [0.25, 0.3) is 0 Å². The summed E-state index contributed by atoms with van der Waals surface area (Å²) in [5, 5.41) is 0. The van der Waals surface area contributed by atoms with Gasteiger partial charge in [0.2, 0.25) is 0 Å². The number of nitrogens with zero attached hydrogens (tertiary/aromatic N) is 2. The first-order chi connectivity index (χ1) is 12.9. The first kappa shape index (κ1) is 19.1. The second-order valence-corrected chi connectivity index (χ2v) is 7.55. The number of imidazole rings is 1. The van der Waals surface area contributed by atoms with Crippen molar-refractivity contribution in [2.45, 2.75) is 40.2 Å². The zero-order valence-corrected chi connectivity index (χ0v) is 16.0. The maximum absolute atomic E-state index is 13.2. The Kier molecular flexibility index (Phi) is 5.59. The zero-order valence-electron chi connectivity index (χ0n) is 16.0. The second-order valence-electron chi connectivity index (χ2n) is 7.55. The summed E-state index contributed by atoms with van der Waals surface area (Å²) >= 11 is 0. The monoisotopic (exact) mass is 368 g/mol. The average molecular weight is 368 g/mol. The summed E-state index contributed by atoms with van der Waals surface area (Å²) in [6, 6.07) is 14.5. The van der Waals surface area contributed by atoms with Crippen LogP contribution in [0.4, 0.5) is 4.39 Å². The Balaban J connectivity index is 1.92. The number of hydrogen-bond acceptors (Lipinski definition) is 3. The molecule has 0 spiro atoms. The lowest BCUT2D eigenvalue weighted by molar-refractivity contribution is -0.145. The van der Waals surface area contributed by atoms with Gasteiger partial charge in [-0.1, -0.05) is 38.1 Å². The van der Waals surface area contributed by atoms with Gasteiger partial charge < -0.3 is 9.30 Å². The number of carbonyl (C=O) groups is 1. The van der Waals surface area contributed by atoms with Crippen molar-refractivity contribution in [2.24, 2.45) is 5.41 Å². The first-order valence-electron chi connectivity index (χ1n) is 9.22. The van der Waals surface area contributed by atoms with Crippen LogP contribution in [-0.4, -0.2) is 22.1 Å². The van der Waals surface area contributed by atoms with Gasteiger partial charge in [0.1, 0.15) is 11.6 Å². The molecule has 0 N–H and O–H groups in total. The molecule has 4 nitrogen and oxygen atoms in total. The molecule has 0 saturated carbocycles. The fraction of sp³-hybridized carbons (Fsp3) is 0.364. The van der Waals surface area contributed by atoms with Crippen LogP contribution in [0.5, 0.6) is 0 Å². The normalized spacial score (nSPS) is 11.7. The smallest absolute Gasteiger partial charge is 0.306 e. The van der Waals surface area contributed by atoms with Gasteiger partial charge in [0.05, 0.1) is 24.1 Å². The number of para-hydroxylation sites is 2. The number of ether oxygens (including phenoxy) is 1. The number of benzene rings is 2. The Morgan fingerprint density at radius 3 is 2.56 bits per heavy atom. The Labute approximate surface area is 159 Å². The lowest BCUT2D eigenvalue weighted by Gasteiger charge is -2.23. The topological polar surface area (TPSA) is 44.1 Å². The minimum Gasteiger partial charge on any atom is -0.466 e. The van der Waals surface area contributed by atoms with Crippen molar-refractivity contribution in [3.8, 4) is 0 Å². The van der Waals surface area contributed by atoms with E-state index in [-0.39, 0.29) is 17.2 Å². The number of halogens is 1. The summed E-state index contributed by atoms with van der Waals surface area (Å²) in [6.07, 6.45) is 0.974. The molecule has 0 aliphatic carbocycles. The van der Waals surface area contributed by atoms with Crippen LogP contribution in [0.2, 0.25) is 0 Å². The van der Waals surface area contributed by atoms with E-state index >= 15 is 0 Å². The van der Waals surface area contributed by atoms with E-state index in [0.29, 0.717) is 26.0 Å². The maximum atomic E-state index is 13.2. The van der Waals surface area contributed by atoms with Crippen LogP contribution in [0.25, 0.3) is 11.0 Å². The van der Waals surface area contributed by atoms with Gasteiger partial charge in [-0.25, -0.2) is 9.37 Å². The Morgan fingerprint density at radius 2 is 1.85 bits per heavy atom. The van der Waals surface area contributed by atoms with E-state index in [4.69, 9.17) is 9.72 Å². The van der Waals surface area contributed by atoms with Crippen molar-refractivity contribution in [3.05, 3.63) is 65.7 Å². The lowest BCUT2D eigenvalue weighted by atomic mass is 9.85. The van der Waals surface area contributed by atoms with Gasteiger partial charge in [0, 0.05) is 13.0 Å². The molecule has 0 saturated heterocycles. The van der Waals surface area contributed by atoms with Crippen LogP contribution < -0.4 is 0 Å². The van der Waals surface area contributed by atoms with Crippen LogP contribution >= 0.6 is 0 Å². The van der Waals surface area contributed by atoms with Crippen LogP contribution in [0.1, 0.15) is 38.6 Å². The minimum absolute atomic E-state index is 0.191. The van der Waals surface area contributed by atoms with Crippen molar-refractivity contribution in [1.82, 2.24) is 9.55 Å². The molecule has 1 aromatic heterocycles. The molecule has 3 aromatic rings. The highest BCUT2D eigenvalue weighted by molar-refractivity contribution is 5.76. The van der Waals surface area contributed by atoms with Gasteiger partial charge in [-0.3, -0.25) is 4.79 Å². The van der Waals surface area contributed by atoms with E-state index in [1.165, 1.54) is 12.1 Å². The second kappa shape index (κ2) is 7.91. The molecule has 0 bridgehead atoms. The van der Waals surface area contributed by atoms with Crippen molar-refractivity contribution in [3.63, 3.8) is 0 Å². The van der Waals surface area contributed by atoms with Crippen LogP contribution in [0.15, 0.2) is 48.5 Å². The quantitative estimate of drug-likeness (QED) is 0.566. The third-order valence-corrected chi connectivity index (χ3v) is 4.55. The molecule has 0 radical (unpaired) electrons. The SMILES string of the molecule is CCOC(=O)CC(C)(C)Cc1nc2ccccc2n1Cc1ccc(F)cc1.